The van der Waals surface area contributed by atoms with Crippen molar-refractivity contribution in [2.75, 3.05) is 0 Å². The Hall–Kier alpha value is -1.44. The molecule has 3 rings (SSSR count). The van der Waals surface area contributed by atoms with Crippen molar-refractivity contribution < 1.29 is 0 Å². The molecule has 1 heterocycles. The van der Waals surface area contributed by atoms with Crippen molar-refractivity contribution in [1.29, 1.82) is 0 Å². The van der Waals surface area contributed by atoms with E-state index in [9.17, 15) is 0 Å². The summed E-state index contributed by atoms with van der Waals surface area (Å²) in [4.78, 5) is 3.34. The van der Waals surface area contributed by atoms with Crippen LogP contribution in [-0.4, -0.2) is 4.98 Å². The lowest BCUT2D eigenvalue weighted by molar-refractivity contribution is 1.45. The van der Waals surface area contributed by atoms with Crippen molar-refractivity contribution >= 4 is 34.1 Å². The van der Waals surface area contributed by atoms with E-state index in [1.165, 1.54) is 0 Å². The van der Waals surface area contributed by atoms with Crippen molar-refractivity contribution in [2.45, 2.75) is 0 Å². The van der Waals surface area contributed by atoms with Crippen LogP contribution in [0.15, 0.2) is 48.5 Å². The predicted molar refractivity (Wildman–Crippen MR) is 73.8 cm³/mol. The van der Waals surface area contributed by atoms with Crippen LogP contribution in [-0.2, 0) is 0 Å². The third-order valence-corrected chi connectivity index (χ3v) is 3.19. The summed E-state index contributed by atoms with van der Waals surface area (Å²) in [6, 6.07) is 15.7. The zero-order valence-electron chi connectivity index (χ0n) is 8.87. The van der Waals surface area contributed by atoms with Crippen molar-refractivity contribution in [2.24, 2.45) is 0 Å². The molecule has 2 aromatic carbocycles. The van der Waals surface area contributed by atoms with Gasteiger partial charge in [0, 0.05) is 26.6 Å². The van der Waals surface area contributed by atoms with Crippen molar-refractivity contribution in [1.82, 2.24) is 4.98 Å². The predicted octanol–water partition coefficient (Wildman–Crippen LogP) is 5.14. The Morgan fingerprint density at radius 1 is 0.824 bits per heavy atom. The average molecular weight is 262 g/mol. The molecule has 84 valence electrons. The monoisotopic (exact) mass is 261 g/mol. The summed E-state index contributed by atoms with van der Waals surface area (Å²) in [5.74, 6) is 0. The number of aromatic amines is 1. The SMILES string of the molecule is Clc1cccc(-c2cc3ccc(Cl)cc3[nH]2)c1. The molecule has 3 heteroatoms. The number of nitrogens with one attached hydrogen (secondary N) is 1. The highest BCUT2D eigenvalue weighted by Gasteiger charge is 2.04. The van der Waals surface area contributed by atoms with E-state index >= 15 is 0 Å². The van der Waals surface area contributed by atoms with Gasteiger partial charge in [0.15, 0.2) is 0 Å². The molecule has 0 unspecified atom stereocenters. The maximum atomic E-state index is 5.98. The smallest absolute Gasteiger partial charge is 0.0473 e. The van der Waals surface area contributed by atoms with E-state index in [1.807, 2.05) is 42.5 Å². The molecule has 1 nitrogen and oxygen atoms in total. The average Bonchev–Trinajstić information content (AvgIpc) is 2.72. The maximum Gasteiger partial charge on any atom is 0.0473 e. The Bertz CT molecular complexity index is 686. The van der Waals surface area contributed by atoms with Crippen LogP contribution >= 0.6 is 23.2 Å². The first-order valence-corrected chi connectivity index (χ1v) is 6.02. The van der Waals surface area contributed by atoms with E-state index < -0.39 is 0 Å². The van der Waals surface area contributed by atoms with Gasteiger partial charge in [-0.1, -0.05) is 41.4 Å². The van der Waals surface area contributed by atoms with Crippen LogP contribution in [0.1, 0.15) is 0 Å². The van der Waals surface area contributed by atoms with Gasteiger partial charge in [-0.3, -0.25) is 0 Å². The van der Waals surface area contributed by atoms with E-state index in [0.29, 0.717) is 0 Å². The Kier molecular flexibility index (Phi) is 2.58. The molecule has 1 aromatic heterocycles. The zero-order valence-corrected chi connectivity index (χ0v) is 10.4. The minimum absolute atomic E-state index is 0.733. The number of fused-ring (bicyclic) bond motifs is 1. The van der Waals surface area contributed by atoms with Gasteiger partial charge in [-0.2, -0.15) is 0 Å². The molecule has 0 saturated carbocycles. The Morgan fingerprint density at radius 3 is 2.47 bits per heavy atom. The Balaban J connectivity index is 2.18. The minimum atomic E-state index is 0.733. The normalized spacial score (nSPS) is 10.9. The maximum absolute atomic E-state index is 5.98. The number of H-pyrrole nitrogens is 1. The fourth-order valence-corrected chi connectivity index (χ4v) is 2.27. The van der Waals surface area contributed by atoms with Crippen LogP contribution in [0.25, 0.3) is 22.2 Å². The molecule has 3 aromatic rings. The van der Waals surface area contributed by atoms with Gasteiger partial charge in [-0.15, -0.1) is 0 Å². The van der Waals surface area contributed by atoms with Crippen LogP contribution < -0.4 is 0 Å². The van der Waals surface area contributed by atoms with Gasteiger partial charge in [0.05, 0.1) is 0 Å². The number of halogens is 2. The first kappa shape index (κ1) is 10.7. The lowest BCUT2D eigenvalue weighted by Gasteiger charge is -1.97. The molecular formula is C14H9Cl2N. The third kappa shape index (κ3) is 2.04. The Morgan fingerprint density at radius 2 is 1.65 bits per heavy atom. The van der Waals surface area contributed by atoms with Crippen molar-refractivity contribution in [3.05, 3.63) is 58.6 Å². The van der Waals surface area contributed by atoms with Gasteiger partial charge in [0.1, 0.15) is 0 Å². The van der Waals surface area contributed by atoms with Gasteiger partial charge >= 0.3 is 0 Å². The molecule has 0 aliphatic heterocycles. The molecule has 0 fully saturated rings. The molecule has 0 radical (unpaired) electrons. The van der Waals surface area contributed by atoms with E-state index in [0.717, 1.165) is 32.2 Å². The largest absolute Gasteiger partial charge is 0.354 e. The quantitative estimate of drug-likeness (QED) is 0.624. The molecule has 0 aliphatic rings. The fourth-order valence-electron chi connectivity index (χ4n) is 1.91. The highest BCUT2D eigenvalue weighted by Crippen LogP contribution is 2.27. The molecule has 17 heavy (non-hydrogen) atoms. The van der Waals surface area contributed by atoms with Crippen LogP contribution in [0, 0.1) is 0 Å². The number of hydrogen-bond acceptors (Lipinski definition) is 0. The van der Waals surface area contributed by atoms with E-state index in [1.54, 1.807) is 0 Å². The highest BCUT2D eigenvalue weighted by molar-refractivity contribution is 6.31. The van der Waals surface area contributed by atoms with Gasteiger partial charge in [0.2, 0.25) is 0 Å². The van der Waals surface area contributed by atoms with E-state index in [4.69, 9.17) is 23.2 Å². The summed E-state index contributed by atoms with van der Waals surface area (Å²) in [5, 5.41) is 2.61. The first-order chi connectivity index (χ1) is 8.22. The second-order valence-electron chi connectivity index (χ2n) is 3.92. The zero-order chi connectivity index (χ0) is 11.8. The number of hydrogen-bond donors (Lipinski definition) is 1. The first-order valence-electron chi connectivity index (χ1n) is 5.26. The standard InChI is InChI=1S/C14H9Cl2N/c15-11-3-1-2-9(6-11)13-7-10-4-5-12(16)8-14(10)17-13/h1-8,17H. The molecule has 0 aliphatic carbocycles. The van der Waals surface area contributed by atoms with Crippen LogP contribution in [0.2, 0.25) is 10.0 Å². The van der Waals surface area contributed by atoms with Crippen molar-refractivity contribution in [3.63, 3.8) is 0 Å². The summed E-state index contributed by atoms with van der Waals surface area (Å²) >= 11 is 11.9. The lowest BCUT2D eigenvalue weighted by Crippen LogP contribution is -1.76. The molecule has 0 amide bonds. The lowest BCUT2D eigenvalue weighted by atomic mass is 10.1. The van der Waals surface area contributed by atoms with Crippen molar-refractivity contribution in [3.8, 4) is 11.3 Å². The second kappa shape index (κ2) is 4.10. The summed E-state index contributed by atoms with van der Waals surface area (Å²) in [5.41, 5.74) is 3.15. The molecule has 1 N–H and O–H groups in total. The van der Waals surface area contributed by atoms with E-state index in [2.05, 4.69) is 11.1 Å². The molecule has 0 atom stereocenters. The molecule has 0 spiro atoms. The summed E-state index contributed by atoms with van der Waals surface area (Å²) in [7, 11) is 0. The number of aromatic nitrogens is 1. The Labute approximate surface area is 109 Å². The summed E-state index contributed by atoms with van der Waals surface area (Å²) < 4.78 is 0. The number of benzene rings is 2. The fraction of sp³-hybridized carbons (Fsp3) is 0. The number of rotatable bonds is 1. The van der Waals surface area contributed by atoms with Crippen LogP contribution in [0.5, 0.6) is 0 Å². The van der Waals surface area contributed by atoms with Gasteiger partial charge < -0.3 is 4.98 Å². The topological polar surface area (TPSA) is 15.8 Å². The third-order valence-electron chi connectivity index (χ3n) is 2.72. The minimum Gasteiger partial charge on any atom is -0.354 e. The molecule has 0 bridgehead atoms. The second-order valence-corrected chi connectivity index (χ2v) is 4.80. The van der Waals surface area contributed by atoms with Crippen LogP contribution in [0.3, 0.4) is 0 Å². The van der Waals surface area contributed by atoms with E-state index in [-0.39, 0.29) is 0 Å². The molecular weight excluding hydrogens is 253 g/mol. The highest BCUT2D eigenvalue weighted by atomic mass is 35.5. The van der Waals surface area contributed by atoms with Gasteiger partial charge in [-0.25, -0.2) is 0 Å². The summed E-state index contributed by atoms with van der Waals surface area (Å²) in [6.07, 6.45) is 0. The van der Waals surface area contributed by atoms with Gasteiger partial charge in [0.25, 0.3) is 0 Å². The molecule has 0 saturated heterocycles. The van der Waals surface area contributed by atoms with Gasteiger partial charge in [-0.05, 0) is 35.9 Å². The summed E-state index contributed by atoms with van der Waals surface area (Å²) in [6.45, 7) is 0. The van der Waals surface area contributed by atoms with Crippen LogP contribution in [0.4, 0.5) is 0 Å².